The van der Waals surface area contributed by atoms with Gasteiger partial charge in [-0.2, -0.15) is 0 Å². The van der Waals surface area contributed by atoms with Gasteiger partial charge < -0.3 is 4.74 Å². The minimum absolute atomic E-state index is 0.131. The Morgan fingerprint density at radius 3 is 2.84 bits per heavy atom. The quantitative estimate of drug-likeness (QED) is 0.661. The van der Waals surface area contributed by atoms with Crippen molar-refractivity contribution in [1.82, 2.24) is 4.90 Å². The van der Waals surface area contributed by atoms with E-state index in [1.54, 1.807) is 0 Å². The van der Waals surface area contributed by atoms with E-state index in [2.05, 4.69) is 28.7 Å². The van der Waals surface area contributed by atoms with Crippen LogP contribution in [0.15, 0.2) is 23.3 Å². The van der Waals surface area contributed by atoms with Crippen LogP contribution in [0.2, 0.25) is 0 Å². The van der Waals surface area contributed by atoms with E-state index in [-0.39, 0.29) is 5.97 Å². The lowest BCUT2D eigenvalue weighted by atomic mass is 10.1. The summed E-state index contributed by atoms with van der Waals surface area (Å²) in [6, 6.07) is 0. The molecule has 1 rings (SSSR count). The Kier molecular flexibility index (Phi) is 7.49. The molecule has 0 spiro atoms. The van der Waals surface area contributed by atoms with E-state index >= 15 is 0 Å². The molecule has 3 nitrogen and oxygen atoms in total. The number of carbonyl (C=O) groups is 1. The van der Waals surface area contributed by atoms with E-state index in [1.165, 1.54) is 50.6 Å². The molecule has 0 amide bonds. The van der Waals surface area contributed by atoms with Crippen LogP contribution >= 0.6 is 0 Å². The number of hydrogen-bond donors (Lipinski definition) is 0. The molecule has 1 saturated heterocycles. The average Bonchev–Trinajstić information content (AvgIpc) is 2.88. The summed E-state index contributed by atoms with van der Waals surface area (Å²) in [7, 11) is 1.44. The number of unbranched alkanes of at least 4 members (excludes halogenated alkanes) is 1. The van der Waals surface area contributed by atoms with Crippen molar-refractivity contribution in [3.63, 3.8) is 0 Å². The minimum Gasteiger partial charge on any atom is -0.469 e. The van der Waals surface area contributed by atoms with Gasteiger partial charge in [0, 0.05) is 19.5 Å². The van der Waals surface area contributed by atoms with Crippen molar-refractivity contribution in [2.45, 2.75) is 46.0 Å². The van der Waals surface area contributed by atoms with Crippen LogP contribution in [0.4, 0.5) is 0 Å². The third-order valence-electron chi connectivity index (χ3n) is 3.61. The van der Waals surface area contributed by atoms with Crippen LogP contribution < -0.4 is 0 Å². The summed E-state index contributed by atoms with van der Waals surface area (Å²) in [4.78, 5) is 13.7. The summed E-state index contributed by atoms with van der Waals surface area (Å²) in [5.41, 5.74) is 2.74. The molecule has 0 radical (unpaired) electrons. The van der Waals surface area contributed by atoms with E-state index in [9.17, 15) is 4.79 Å². The van der Waals surface area contributed by atoms with Gasteiger partial charge in [-0.3, -0.25) is 9.69 Å². The third-order valence-corrected chi connectivity index (χ3v) is 3.61. The van der Waals surface area contributed by atoms with Gasteiger partial charge in [-0.15, -0.1) is 0 Å². The first kappa shape index (κ1) is 16.0. The molecule has 0 saturated carbocycles. The molecule has 0 aromatic rings. The topological polar surface area (TPSA) is 29.5 Å². The molecule has 1 aliphatic heterocycles. The Labute approximate surface area is 117 Å². The number of methoxy groups -OCH3 is 1. The first-order valence-corrected chi connectivity index (χ1v) is 7.33. The molecule has 0 bridgehead atoms. The fourth-order valence-corrected chi connectivity index (χ4v) is 2.35. The van der Waals surface area contributed by atoms with Crippen molar-refractivity contribution in [2.24, 2.45) is 0 Å². The molecule has 1 aliphatic rings. The lowest BCUT2D eigenvalue weighted by Gasteiger charge is -2.12. The molecule has 108 valence electrons. The molecule has 1 heterocycles. The van der Waals surface area contributed by atoms with Gasteiger partial charge >= 0.3 is 5.97 Å². The van der Waals surface area contributed by atoms with Gasteiger partial charge in [0.25, 0.3) is 0 Å². The zero-order valence-electron chi connectivity index (χ0n) is 12.6. The highest BCUT2D eigenvalue weighted by molar-refractivity contribution is 5.69. The van der Waals surface area contributed by atoms with E-state index in [1.807, 2.05) is 6.92 Å². The first-order valence-electron chi connectivity index (χ1n) is 7.33. The van der Waals surface area contributed by atoms with Crippen LogP contribution in [0.5, 0.6) is 0 Å². The number of nitrogens with zero attached hydrogens (tertiary/aromatic N) is 1. The molecule has 19 heavy (non-hydrogen) atoms. The summed E-state index contributed by atoms with van der Waals surface area (Å²) in [6.45, 7) is 7.75. The van der Waals surface area contributed by atoms with E-state index in [4.69, 9.17) is 0 Å². The van der Waals surface area contributed by atoms with Crippen molar-refractivity contribution >= 4 is 5.97 Å². The zero-order chi connectivity index (χ0) is 14.1. The Bertz CT molecular complexity index is 345. The van der Waals surface area contributed by atoms with Gasteiger partial charge in [0.05, 0.1) is 7.11 Å². The lowest BCUT2D eigenvalue weighted by molar-refractivity contribution is -0.140. The molecular formula is C16H27NO2. The molecular weight excluding hydrogens is 238 g/mol. The molecule has 1 fully saturated rings. The van der Waals surface area contributed by atoms with Crippen LogP contribution in [0, 0.1) is 0 Å². The van der Waals surface area contributed by atoms with E-state index < -0.39 is 0 Å². The Morgan fingerprint density at radius 2 is 2.21 bits per heavy atom. The SMILES string of the molecule is C/C=C(\C=C1\CCN(CCCC)C1)CCC(=O)OC. The minimum atomic E-state index is -0.131. The van der Waals surface area contributed by atoms with Crippen molar-refractivity contribution in [3.8, 4) is 0 Å². The number of carbonyl (C=O) groups excluding carboxylic acids is 1. The number of hydrogen-bond acceptors (Lipinski definition) is 3. The molecule has 0 unspecified atom stereocenters. The normalized spacial score (nSPS) is 19.1. The Hall–Kier alpha value is -1.09. The summed E-state index contributed by atoms with van der Waals surface area (Å²) >= 11 is 0. The summed E-state index contributed by atoms with van der Waals surface area (Å²) in [5, 5.41) is 0. The fraction of sp³-hybridized carbons (Fsp3) is 0.688. The number of esters is 1. The number of likely N-dealkylation sites (tertiary alicyclic amines) is 1. The first-order chi connectivity index (χ1) is 9.19. The van der Waals surface area contributed by atoms with E-state index in [0.29, 0.717) is 6.42 Å². The second-order valence-corrected chi connectivity index (χ2v) is 5.12. The maximum atomic E-state index is 11.2. The summed E-state index contributed by atoms with van der Waals surface area (Å²) in [5.74, 6) is -0.131. The highest BCUT2D eigenvalue weighted by atomic mass is 16.5. The highest BCUT2D eigenvalue weighted by Gasteiger charge is 2.15. The largest absolute Gasteiger partial charge is 0.469 e. The lowest BCUT2D eigenvalue weighted by Crippen LogP contribution is -2.20. The maximum absolute atomic E-state index is 11.2. The molecule has 0 aromatic carbocycles. The van der Waals surface area contributed by atoms with Crippen molar-refractivity contribution in [2.75, 3.05) is 26.7 Å². The van der Waals surface area contributed by atoms with Gasteiger partial charge in [-0.25, -0.2) is 0 Å². The molecule has 0 aromatic heterocycles. The van der Waals surface area contributed by atoms with Crippen LogP contribution in [-0.4, -0.2) is 37.6 Å². The fourth-order valence-electron chi connectivity index (χ4n) is 2.35. The standard InChI is InChI=1S/C16H27NO2/c1-4-6-10-17-11-9-15(13-17)12-14(5-2)7-8-16(18)19-3/h5,12H,4,6-11,13H2,1-3H3/b14-5-,15-12-. The maximum Gasteiger partial charge on any atom is 0.305 e. The van der Waals surface area contributed by atoms with Gasteiger partial charge in [0.1, 0.15) is 0 Å². The smallest absolute Gasteiger partial charge is 0.305 e. The number of allylic oxidation sites excluding steroid dienone is 3. The summed E-state index contributed by atoms with van der Waals surface area (Å²) in [6.07, 6.45) is 9.33. The monoisotopic (exact) mass is 265 g/mol. The molecule has 0 atom stereocenters. The van der Waals surface area contributed by atoms with Gasteiger partial charge in [-0.05, 0) is 32.7 Å². The van der Waals surface area contributed by atoms with Crippen LogP contribution in [-0.2, 0) is 9.53 Å². The average molecular weight is 265 g/mol. The number of ether oxygens (including phenoxy) is 1. The Morgan fingerprint density at radius 1 is 1.42 bits per heavy atom. The van der Waals surface area contributed by atoms with Crippen molar-refractivity contribution in [1.29, 1.82) is 0 Å². The van der Waals surface area contributed by atoms with Crippen LogP contribution in [0.3, 0.4) is 0 Å². The predicted octanol–water partition coefficient (Wildman–Crippen LogP) is 3.32. The second kappa shape index (κ2) is 8.92. The number of rotatable bonds is 7. The van der Waals surface area contributed by atoms with Crippen LogP contribution in [0.1, 0.15) is 46.0 Å². The molecule has 0 aliphatic carbocycles. The van der Waals surface area contributed by atoms with Gasteiger partial charge in [-0.1, -0.05) is 36.6 Å². The zero-order valence-corrected chi connectivity index (χ0v) is 12.6. The van der Waals surface area contributed by atoms with Gasteiger partial charge in [0.15, 0.2) is 0 Å². The molecule has 3 heteroatoms. The second-order valence-electron chi connectivity index (χ2n) is 5.12. The highest BCUT2D eigenvalue weighted by Crippen LogP contribution is 2.19. The van der Waals surface area contributed by atoms with E-state index in [0.717, 1.165) is 13.0 Å². The van der Waals surface area contributed by atoms with Crippen molar-refractivity contribution in [3.05, 3.63) is 23.3 Å². The third kappa shape index (κ3) is 6.06. The molecule has 0 N–H and O–H groups in total. The van der Waals surface area contributed by atoms with Crippen molar-refractivity contribution < 1.29 is 9.53 Å². The predicted molar refractivity (Wildman–Crippen MR) is 79.1 cm³/mol. The van der Waals surface area contributed by atoms with Gasteiger partial charge in [0.2, 0.25) is 0 Å². The summed E-state index contributed by atoms with van der Waals surface area (Å²) < 4.78 is 4.68. The Balaban J connectivity index is 2.42. The van der Waals surface area contributed by atoms with Crippen LogP contribution in [0.25, 0.3) is 0 Å².